The number of nitrogens with one attached hydrogen (secondary N) is 3. The number of hydrogen-bond acceptors (Lipinski definition) is 3. The Balaban J connectivity index is 1.31. The van der Waals surface area contributed by atoms with Gasteiger partial charge in [-0.1, -0.05) is 0 Å². The van der Waals surface area contributed by atoms with Gasteiger partial charge in [-0.15, -0.1) is 0 Å². The quantitative estimate of drug-likeness (QED) is 0.808. The minimum Gasteiger partial charge on any atom is -0.357 e. The highest BCUT2D eigenvalue weighted by atomic mass is 16.1. The van der Waals surface area contributed by atoms with Crippen molar-refractivity contribution >= 4 is 11.7 Å². The second-order valence-electron chi connectivity index (χ2n) is 6.27. The smallest absolute Gasteiger partial charge is 0.267 e. The Morgan fingerprint density at radius 3 is 2.77 bits per heavy atom. The molecule has 0 spiro atoms. The van der Waals surface area contributed by atoms with Crippen LogP contribution >= 0.6 is 0 Å². The lowest BCUT2D eigenvalue weighted by Gasteiger charge is -2.32. The molecule has 3 heterocycles. The van der Waals surface area contributed by atoms with Crippen LogP contribution in [0.5, 0.6) is 0 Å². The van der Waals surface area contributed by atoms with Crippen LogP contribution in [0.3, 0.4) is 0 Å². The second-order valence-corrected chi connectivity index (χ2v) is 6.27. The first-order valence-corrected chi connectivity index (χ1v) is 8.04. The Bertz CT molecular complexity index is 635. The number of amides is 1. The van der Waals surface area contributed by atoms with E-state index in [0.717, 1.165) is 31.7 Å². The Kier molecular flexibility index (Phi) is 3.36. The summed E-state index contributed by atoms with van der Waals surface area (Å²) in [5.41, 5.74) is 1.90. The maximum absolute atomic E-state index is 12.0. The highest BCUT2D eigenvalue weighted by molar-refractivity contribution is 5.92. The van der Waals surface area contributed by atoms with Gasteiger partial charge in [-0.3, -0.25) is 9.89 Å². The van der Waals surface area contributed by atoms with E-state index in [4.69, 9.17) is 0 Å². The van der Waals surface area contributed by atoms with Crippen molar-refractivity contribution in [2.45, 2.75) is 37.6 Å². The minimum absolute atomic E-state index is 0.0146. The van der Waals surface area contributed by atoms with Gasteiger partial charge in [0.2, 0.25) is 0 Å². The fourth-order valence-electron chi connectivity index (χ4n) is 3.08. The molecule has 2 aromatic heterocycles. The van der Waals surface area contributed by atoms with Gasteiger partial charge < -0.3 is 15.2 Å². The molecule has 6 nitrogen and oxygen atoms in total. The summed E-state index contributed by atoms with van der Waals surface area (Å²) in [5, 5.41) is 10.7. The van der Waals surface area contributed by atoms with Crippen molar-refractivity contribution in [3.63, 3.8) is 0 Å². The van der Waals surface area contributed by atoms with Crippen molar-refractivity contribution in [3.8, 4) is 0 Å². The Hall–Kier alpha value is -2.24. The molecule has 0 unspecified atom stereocenters. The standard InChI is InChI=1S/C16H21N5O/c22-16(13-2-1-7-17-13)18-12-5-8-21(9-6-12)15-10-14(19-20-15)11-3-4-11/h1-2,7,10-12,17H,3-6,8-9H2,(H,18,22)(H,19,20). The summed E-state index contributed by atoms with van der Waals surface area (Å²) in [6.07, 6.45) is 6.26. The highest BCUT2D eigenvalue weighted by Gasteiger charge is 2.27. The van der Waals surface area contributed by atoms with E-state index in [0.29, 0.717) is 11.6 Å². The Morgan fingerprint density at radius 1 is 1.27 bits per heavy atom. The zero-order valence-corrected chi connectivity index (χ0v) is 12.5. The van der Waals surface area contributed by atoms with Crippen LogP contribution in [0.25, 0.3) is 0 Å². The molecule has 1 saturated carbocycles. The summed E-state index contributed by atoms with van der Waals surface area (Å²) in [5.74, 6) is 1.74. The molecule has 0 bridgehead atoms. The van der Waals surface area contributed by atoms with E-state index in [2.05, 4.69) is 31.5 Å². The molecule has 6 heteroatoms. The predicted octanol–water partition coefficient (Wildman–Crippen LogP) is 2.01. The van der Waals surface area contributed by atoms with Gasteiger partial charge in [0.1, 0.15) is 5.69 Å². The third kappa shape index (κ3) is 2.73. The van der Waals surface area contributed by atoms with E-state index in [1.165, 1.54) is 18.5 Å². The molecule has 116 valence electrons. The molecule has 0 aromatic carbocycles. The zero-order valence-electron chi connectivity index (χ0n) is 12.5. The van der Waals surface area contributed by atoms with Crippen molar-refractivity contribution in [1.82, 2.24) is 20.5 Å². The lowest BCUT2D eigenvalue weighted by molar-refractivity contribution is 0.0926. The summed E-state index contributed by atoms with van der Waals surface area (Å²) in [6, 6.07) is 6.07. The molecule has 0 atom stereocenters. The maximum atomic E-state index is 12.0. The summed E-state index contributed by atoms with van der Waals surface area (Å²) in [7, 11) is 0. The molecule has 0 radical (unpaired) electrons. The molecule has 22 heavy (non-hydrogen) atoms. The third-order valence-electron chi connectivity index (χ3n) is 4.60. The topological polar surface area (TPSA) is 76.8 Å². The second kappa shape index (κ2) is 5.51. The van der Waals surface area contributed by atoms with Crippen LogP contribution in [-0.4, -0.2) is 40.2 Å². The molecule has 2 fully saturated rings. The molecule has 4 rings (SSSR count). The first-order chi connectivity index (χ1) is 10.8. The zero-order chi connectivity index (χ0) is 14.9. The van der Waals surface area contributed by atoms with Crippen LogP contribution in [0.4, 0.5) is 5.82 Å². The number of carbonyl (C=O) groups excluding carboxylic acids is 1. The van der Waals surface area contributed by atoms with Crippen molar-refractivity contribution in [1.29, 1.82) is 0 Å². The molecule has 1 amide bonds. The van der Waals surface area contributed by atoms with Crippen LogP contribution in [0, 0.1) is 0 Å². The van der Waals surface area contributed by atoms with Gasteiger partial charge in [-0.2, -0.15) is 5.10 Å². The van der Waals surface area contributed by atoms with Crippen LogP contribution in [0.15, 0.2) is 24.4 Å². The lowest BCUT2D eigenvalue weighted by atomic mass is 10.0. The number of H-pyrrole nitrogens is 2. The van der Waals surface area contributed by atoms with Crippen molar-refractivity contribution < 1.29 is 4.79 Å². The number of aromatic nitrogens is 3. The number of nitrogens with zero attached hydrogens (tertiary/aromatic N) is 2. The summed E-state index contributed by atoms with van der Waals surface area (Å²) >= 11 is 0. The highest BCUT2D eigenvalue weighted by Crippen LogP contribution is 2.40. The fourth-order valence-corrected chi connectivity index (χ4v) is 3.08. The average molecular weight is 299 g/mol. The predicted molar refractivity (Wildman–Crippen MR) is 84.1 cm³/mol. The first-order valence-electron chi connectivity index (χ1n) is 8.04. The van der Waals surface area contributed by atoms with E-state index < -0.39 is 0 Å². The molecular weight excluding hydrogens is 278 g/mol. The number of anilines is 1. The van der Waals surface area contributed by atoms with Gasteiger partial charge in [0.25, 0.3) is 5.91 Å². The molecule has 2 aliphatic rings. The van der Waals surface area contributed by atoms with Gasteiger partial charge >= 0.3 is 0 Å². The van der Waals surface area contributed by atoms with Crippen molar-refractivity contribution in [3.05, 3.63) is 35.8 Å². The average Bonchev–Trinajstić information content (AvgIpc) is 3.05. The van der Waals surface area contributed by atoms with Crippen LogP contribution < -0.4 is 10.2 Å². The Labute approximate surface area is 129 Å². The molecule has 1 saturated heterocycles. The molecule has 1 aliphatic heterocycles. The molecule has 1 aliphatic carbocycles. The first kappa shape index (κ1) is 13.4. The maximum Gasteiger partial charge on any atom is 0.267 e. The fraction of sp³-hybridized carbons (Fsp3) is 0.500. The van der Waals surface area contributed by atoms with Crippen molar-refractivity contribution in [2.75, 3.05) is 18.0 Å². The third-order valence-corrected chi connectivity index (χ3v) is 4.60. The van der Waals surface area contributed by atoms with Crippen LogP contribution in [-0.2, 0) is 0 Å². The molecule has 2 aromatic rings. The number of piperidine rings is 1. The monoisotopic (exact) mass is 299 g/mol. The normalized spacial score (nSPS) is 19.4. The largest absolute Gasteiger partial charge is 0.357 e. The molecular formula is C16H21N5O. The van der Waals surface area contributed by atoms with E-state index in [-0.39, 0.29) is 11.9 Å². The van der Waals surface area contributed by atoms with Crippen molar-refractivity contribution in [2.24, 2.45) is 0 Å². The molecule has 3 N–H and O–H groups in total. The Morgan fingerprint density at radius 2 is 2.09 bits per heavy atom. The summed E-state index contributed by atoms with van der Waals surface area (Å²) < 4.78 is 0. The minimum atomic E-state index is -0.0146. The number of hydrogen-bond donors (Lipinski definition) is 3. The number of aromatic amines is 2. The number of rotatable bonds is 4. The van der Waals surface area contributed by atoms with Crippen LogP contribution in [0.2, 0.25) is 0 Å². The number of carbonyl (C=O) groups is 1. The van der Waals surface area contributed by atoms with Crippen LogP contribution in [0.1, 0.15) is 47.8 Å². The van der Waals surface area contributed by atoms with Gasteiger partial charge in [0.05, 0.1) is 0 Å². The SMILES string of the molecule is O=C(NC1CCN(c2cc(C3CC3)[nH]n2)CC1)c1ccc[nH]1. The van der Waals surface area contributed by atoms with Gasteiger partial charge in [-0.25, -0.2) is 0 Å². The van der Waals surface area contributed by atoms with Gasteiger partial charge in [0, 0.05) is 43.0 Å². The summed E-state index contributed by atoms with van der Waals surface area (Å²) in [6.45, 7) is 1.87. The van der Waals surface area contributed by atoms with Gasteiger partial charge in [0.15, 0.2) is 5.82 Å². The van der Waals surface area contributed by atoms with E-state index in [1.54, 1.807) is 12.3 Å². The lowest BCUT2D eigenvalue weighted by Crippen LogP contribution is -2.44. The van der Waals surface area contributed by atoms with E-state index >= 15 is 0 Å². The van der Waals surface area contributed by atoms with E-state index in [1.807, 2.05) is 6.07 Å². The van der Waals surface area contributed by atoms with Gasteiger partial charge in [-0.05, 0) is 37.8 Å². The summed E-state index contributed by atoms with van der Waals surface area (Å²) in [4.78, 5) is 17.3. The van der Waals surface area contributed by atoms with E-state index in [9.17, 15) is 4.79 Å².